The van der Waals surface area contributed by atoms with Crippen molar-refractivity contribution >= 4 is 46.0 Å². The van der Waals surface area contributed by atoms with Crippen LogP contribution in [0.3, 0.4) is 0 Å². The molecule has 1 aromatic heterocycles. The maximum absolute atomic E-state index is 12.3. The Labute approximate surface area is 184 Å². The molecule has 0 saturated carbocycles. The molecule has 30 heavy (non-hydrogen) atoms. The Morgan fingerprint density at radius 3 is 2.40 bits per heavy atom. The molecule has 0 aliphatic rings. The van der Waals surface area contributed by atoms with Gasteiger partial charge in [0.15, 0.2) is 0 Å². The normalized spacial score (nSPS) is 11.1. The van der Waals surface area contributed by atoms with Gasteiger partial charge in [-0.1, -0.05) is 55.2 Å². The number of amides is 1. The number of aromatic amines is 1. The molecule has 4 rings (SSSR count). The Hall–Kier alpha value is -3.02. The minimum absolute atomic E-state index is 0.388. The van der Waals surface area contributed by atoms with Crippen molar-refractivity contribution in [2.45, 2.75) is 19.8 Å². The van der Waals surface area contributed by atoms with E-state index in [0.29, 0.717) is 49.8 Å². The summed E-state index contributed by atoms with van der Waals surface area (Å²) < 4.78 is 5.42. The van der Waals surface area contributed by atoms with Gasteiger partial charge in [-0.25, -0.2) is 9.78 Å². The molecule has 1 amide bonds. The van der Waals surface area contributed by atoms with Crippen molar-refractivity contribution in [1.29, 1.82) is 0 Å². The van der Waals surface area contributed by atoms with Crippen LogP contribution in [0.1, 0.15) is 25.3 Å². The first-order chi connectivity index (χ1) is 14.4. The van der Waals surface area contributed by atoms with Crippen LogP contribution in [0.2, 0.25) is 10.0 Å². The Bertz CT molecular complexity index is 1200. The number of H-pyrrole nitrogens is 1. The topological polar surface area (TPSA) is 67.0 Å². The number of ether oxygens (including phenoxy) is 1. The summed E-state index contributed by atoms with van der Waals surface area (Å²) >= 11 is 12.5. The van der Waals surface area contributed by atoms with Gasteiger partial charge in [-0.3, -0.25) is 5.32 Å². The van der Waals surface area contributed by atoms with E-state index in [2.05, 4.69) is 29.1 Å². The molecule has 0 aliphatic carbocycles. The number of fused-ring (bicyclic) bond motifs is 1. The summed E-state index contributed by atoms with van der Waals surface area (Å²) in [5, 5.41) is 3.73. The summed E-state index contributed by atoms with van der Waals surface area (Å²) in [6.07, 6.45) is -0.569. The SMILES string of the molecule is CC(C)c1ccc(NC(=O)Oc2ccc3nc(-c4c(Cl)cccc4Cl)[nH]c3c2)cc1. The third kappa shape index (κ3) is 4.27. The second-order valence-corrected chi connectivity index (χ2v) is 7.97. The fourth-order valence-electron chi connectivity index (χ4n) is 3.10. The van der Waals surface area contributed by atoms with E-state index in [-0.39, 0.29) is 0 Å². The van der Waals surface area contributed by atoms with Crippen LogP contribution in [0.4, 0.5) is 10.5 Å². The molecule has 0 unspecified atom stereocenters. The summed E-state index contributed by atoms with van der Waals surface area (Å²) in [6, 6.07) is 18.1. The fraction of sp³-hybridized carbons (Fsp3) is 0.130. The van der Waals surface area contributed by atoms with Gasteiger partial charge in [0, 0.05) is 11.8 Å². The zero-order chi connectivity index (χ0) is 21.3. The van der Waals surface area contributed by atoms with Crippen molar-refractivity contribution in [3.8, 4) is 17.1 Å². The molecule has 152 valence electrons. The van der Waals surface area contributed by atoms with E-state index >= 15 is 0 Å². The lowest BCUT2D eigenvalue weighted by Gasteiger charge is -2.09. The predicted molar refractivity (Wildman–Crippen MR) is 122 cm³/mol. The largest absolute Gasteiger partial charge is 0.417 e. The molecule has 0 saturated heterocycles. The Kier molecular flexibility index (Phi) is 5.66. The standard InChI is InChI=1S/C23H19Cl2N3O2/c1-13(2)14-6-8-15(9-7-14)26-23(29)30-16-10-11-19-20(12-16)28-22(27-19)21-17(24)4-3-5-18(21)25/h3-13H,1-2H3,(H,26,29)(H,27,28). The minimum Gasteiger partial charge on any atom is -0.410 e. The maximum Gasteiger partial charge on any atom is 0.417 e. The Morgan fingerprint density at radius 2 is 1.73 bits per heavy atom. The number of carbonyl (C=O) groups excluding carboxylic acids is 1. The summed E-state index contributed by atoms with van der Waals surface area (Å²) in [6.45, 7) is 4.24. The second kappa shape index (κ2) is 8.38. The zero-order valence-electron chi connectivity index (χ0n) is 16.4. The third-order valence-electron chi connectivity index (χ3n) is 4.69. The number of nitrogens with one attached hydrogen (secondary N) is 2. The number of nitrogens with zero attached hydrogens (tertiary/aromatic N) is 1. The lowest BCUT2D eigenvalue weighted by atomic mass is 10.0. The maximum atomic E-state index is 12.3. The molecule has 1 heterocycles. The Morgan fingerprint density at radius 1 is 1.03 bits per heavy atom. The van der Waals surface area contributed by atoms with E-state index in [4.69, 9.17) is 27.9 Å². The van der Waals surface area contributed by atoms with E-state index in [1.54, 1.807) is 36.4 Å². The summed E-state index contributed by atoms with van der Waals surface area (Å²) in [5.41, 5.74) is 3.91. The molecule has 3 aromatic carbocycles. The smallest absolute Gasteiger partial charge is 0.410 e. The van der Waals surface area contributed by atoms with Gasteiger partial charge in [-0.05, 0) is 47.9 Å². The zero-order valence-corrected chi connectivity index (χ0v) is 17.9. The van der Waals surface area contributed by atoms with Crippen LogP contribution < -0.4 is 10.1 Å². The first-order valence-electron chi connectivity index (χ1n) is 9.43. The molecule has 5 nitrogen and oxygen atoms in total. The van der Waals surface area contributed by atoms with Gasteiger partial charge in [-0.15, -0.1) is 0 Å². The van der Waals surface area contributed by atoms with Crippen LogP contribution in [-0.4, -0.2) is 16.1 Å². The predicted octanol–water partition coefficient (Wildman–Crippen LogP) is 7.27. The molecule has 2 N–H and O–H groups in total. The monoisotopic (exact) mass is 439 g/mol. The number of hydrogen-bond acceptors (Lipinski definition) is 3. The van der Waals surface area contributed by atoms with Crippen LogP contribution >= 0.6 is 23.2 Å². The lowest BCUT2D eigenvalue weighted by Crippen LogP contribution is -2.16. The van der Waals surface area contributed by atoms with Crippen molar-refractivity contribution in [2.75, 3.05) is 5.32 Å². The highest BCUT2D eigenvalue weighted by molar-refractivity contribution is 6.39. The van der Waals surface area contributed by atoms with Crippen molar-refractivity contribution in [1.82, 2.24) is 9.97 Å². The van der Waals surface area contributed by atoms with Gasteiger partial charge in [0.25, 0.3) is 0 Å². The van der Waals surface area contributed by atoms with Crippen molar-refractivity contribution in [3.05, 3.63) is 76.3 Å². The van der Waals surface area contributed by atoms with Gasteiger partial charge in [0.05, 0.1) is 26.6 Å². The number of imidazole rings is 1. The van der Waals surface area contributed by atoms with E-state index in [1.165, 1.54) is 5.56 Å². The van der Waals surface area contributed by atoms with Crippen LogP contribution in [0.15, 0.2) is 60.7 Å². The van der Waals surface area contributed by atoms with Crippen molar-refractivity contribution in [3.63, 3.8) is 0 Å². The first kappa shape index (κ1) is 20.3. The van der Waals surface area contributed by atoms with Crippen molar-refractivity contribution < 1.29 is 9.53 Å². The molecule has 0 fully saturated rings. The molecule has 0 atom stereocenters. The highest BCUT2D eigenvalue weighted by Crippen LogP contribution is 2.34. The molecule has 0 spiro atoms. The van der Waals surface area contributed by atoms with Crippen LogP contribution in [0, 0.1) is 0 Å². The minimum atomic E-state index is -0.569. The highest BCUT2D eigenvalue weighted by atomic mass is 35.5. The van der Waals surface area contributed by atoms with Crippen LogP contribution in [-0.2, 0) is 0 Å². The van der Waals surface area contributed by atoms with Gasteiger partial charge in [0.2, 0.25) is 0 Å². The number of aromatic nitrogens is 2. The molecule has 0 radical (unpaired) electrons. The number of benzene rings is 3. The van der Waals surface area contributed by atoms with Gasteiger partial charge in [0.1, 0.15) is 11.6 Å². The van der Waals surface area contributed by atoms with Gasteiger partial charge in [-0.2, -0.15) is 0 Å². The molecular weight excluding hydrogens is 421 g/mol. The second-order valence-electron chi connectivity index (χ2n) is 7.15. The molecule has 4 aromatic rings. The molecule has 0 bridgehead atoms. The molecule has 0 aliphatic heterocycles. The highest BCUT2D eigenvalue weighted by Gasteiger charge is 2.14. The molecule has 7 heteroatoms. The average Bonchev–Trinajstić information content (AvgIpc) is 3.11. The fourth-order valence-corrected chi connectivity index (χ4v) is 3.67. The summed E-state index contributed by atoms with van der Waals surface area (Å²) in [7, 11) is 0. The summed E-state index contributed by atoms with van der Waals surface area (Å²) in [4.78, 5) is 20.0. The van der Waals surface area contributed by atoms with E-state index in [1.807, 2.05) is 24.3 Å². The first-order valence-corrected chi connectivity index (χ1v) is 10.2. The Balaban J connectivity index is 1.51. The lowest BCUT2D eigenvalue weighted by molar-refractivity contribution is 0.215. The number of hydrogen-bond donors (Lipinski definition) is 2. The van der Waals surface area contributed by atoms with E-state index < -0.39 is 6.09 Å². The molecular formula is C23H19Cl2N3O2. The van der Waals surface area contributed by atoms with Crippen LogP contribution in [0.5, 0.6) is 5.75 Å². The van der Waals surface area contributed by atoms with Crippen LogP contribution in [0.25, 0.3) is 22.4 Å². The average molecular weight is 440 g/mol. The summed E-state index contributed by atoms with van der Waals surface area (Å²) in [5.74, 6) is 1.37. The van der Waals surface area contributed by atoms with Gasteiger partial charge < -0.3 is 9.72 Å². The quantitative estimate of drug-likeness (QED) is 0.351. The van der Waals surface area contributed by atoms with Crippen molar-refractivity contribution in [2.24, 2.45) is 0 Å². The van der Waals surface area contributed by atoms with E-state index in [0.717, 1.165) is 0 Å². The third-order valence-corrected chi connectivity index (χ3v) is 5.32. The van der Waals surface area contributed by atoms with E-state index in [9.17, 15) is 4.79 Å². The number of halogens is 2. The number of anilines is 1. The van der Waals surface area contributed by atoms with Gasteiger partial charge >= 0.3 is 6.09 Å². The number of carbonyl (C=O) groups is 1. The number of rotatable bonds is 4.